The molecule has 1 heterocycles. The van der Waals surface area contributed by atoms with Crippen molar-refractivity contribution in [3.63, 3.8) is 0 Å². The first-order valence-corrected chi connectivity index (χ1v) is 13.3. The van der Waals surface area contributed by atoms with Crippen molar-refractivity contribution in [2.24, 2.45) is 17.6 Å². The zero-order chi connectivity index (χ0) is 28.4. The number of ketones is 2. The average molecular weight is 538 g/mol. The fourth-order valence-electron chi connectivity index (χ4n) is 6.96. The lowest BCUT2D eigenvalue weighted by atomic mass is 9.57. The van der Waals surface area contributed by atoms with Gasteiger partial charge in [-0.2, -0.15) is 0 Å². The van der Waals surface area contributed by atoms with Crippen LogP contribution in [0.25, 0.3) is 5.76 Å². The molecule has 10 heteroatoms. The molecule has 1 aliphatic heterocycles. The number of carbonyl (C=O) groups excluding carboxylic acids is 3. The number of aliphatic hydroxyl groups is 3. The molecule has 4 atom stereocenters. The van der Waals surface area contributed by atoms with E-state index in [-0.39, 0.29) is 23.3 Å². The number of nitrogens with two attached hydrogens (primary N) is 1. The van der Waals surface area contributed by atoms with Crippen LogP contribution in [0.4, 0.5) is 0 Å². The maximum Gasteiger partial charge on any atom is 0.255 e. The van der Waals surface area contributed by atoms with Crippen LogP contribution in [0.5, 0.6) is 5.75 Å². The van der Waals surface area contributed by atoms with Crippen LogP contribution in [0.15, 0.2) is 35.1 Å². The van der Waals surface area contributed by atoms with Gasteiger partial charge in [-0.25, -0.2) is 0 Å². The first-order valence-electron chi connectivity index (χ1n) is 13.3. The topological polar surface area (TPSA) is 165 Å². The van der Waals surface area contributed by atoms with Gasteiger partial charge in [0, 0.05) is 36.7 Å². The molecule has 1 aromatic carbocycles. The lowest BCUT2D eigenvalue weighted by molar-refractivity contribution is -0.153. The lowest BCUT2D eigenvalue weighted by Gasteiger charge is -2.50. The van der Waals surface area contributed by atoms with E-state index < -0.39 is 58.0 Å². The van der Waals surface area contributed by atoms with Crippen LogP contribution in [0.1, 0.15) is 42.0 Å². The van der Waals surface area contributed by atoms with Crippen molar-refractivity contribution in [1.29, 1.82) is 0 Å². The highest BCUT2D eigenvalue weighted by molar-refractivity contribution is 6.24. The molecule has 5 rings (SSSR count). The van der Waals surface area contributed by atoms with Crippen LogP contribution in [0.2, 0.25) is 0 Å². The van der Waals surface area contributed by atoms with Gasteiger partial charge in [0.2, 0.25) is 5.78 Å². The Balaban J connectivity index is 1.68. The van der Waals surface area contributed by atoms with Crippen LogP contribution >= 0.6 is 0 Å². The number of benzene rings is 1. The summed E-state index contributed by atoms with van der Waals surface area (Å²) in [7, 11) is 3.17. The van der Waals surface area contributed by atoms with Crippen LogP contribution in [0, 0.1) is 11.8 Å². The molecule has 0 radical (unpaired) electrons. The van der Waals surface area contributed by atoms with E-state index in [0.29, 0.717) is 24.9 Å². The molecular weight excluding hydrogens is 502 g/mol. The quantitative estimate of drug-likeness (QED) is 0.275. The number of Topliss-reactive ketones (excluding diaryl/α,β-unsaturated/α-hetero) is 2. The Morgan fingerprint density at radius 2 is 1.90 bits per heavy atom. The number of carbonyl (C=O) groups is 3. The van der Waals surface area contributed by atoms with Crippen molar-refractivity contribution in [3.05, 3.63) is 57.4 Å². The standard InChI is InChI=1S/C29H35N3O7/c1-4-14-10-16(13-32-8-6-5-7-9-32)23(33)20-17(14)11-15-12-18-22(31(2)3)25(35)21(28(30)38)27(37)29(18,39)26(36)19(15)24(20)34/h5-6,10,15,18,22,33-34,37,39H,4,7-9,11-13H2,1-3H3,(H2,30,38)/t15-,18-,22-,29-/m0/s1. The molecule has 0 spiro atoms. The van der Waals surface area contributed by atoms with E-state index in [1.165, 1.54) is 4.90 Å². The highest BCUT2D eigenvalue weighted by Crippen LogP contribution is 2.53. The molecule has 3 aliphatic carbocycles. The normalized spacial score (nSPS) is 29.0. The fraction of sp³-hybridized carbons (Fsp3) is 0.483. The van der Waals surface area contributed by atoms with Gasteiger partial charge in [0.05, 0.1) is 11.6 Å². The van der Waals surface area contributed by atoms with E-state index in [1.54, 1.807) is 14.1 Å². The Hall–Kier alpha value is -3.47. The monoisotopic (exact) mass is 537 g/mol. The molecule has 0 bridgehead atoms. The van der Waals surface area contributed by atoms with E-state index in [1.807, 2.05) is 13.0 Å². The van der Waals surface area contributed by atoms with Crippen molar-refractivity contribution in [2.75, 3.05) is 27.2 Å². The number of hydrogen-bond acceptors (Lipinski definition) is 9. The number of primary amides is 1. The Morgan fingerprint density at radius 3 is 2.49 bits per heavy atom. The molecule has 0 unspecified atom stereocenters. The summed E-state index contributed by atoms with van der Waals surface area (Å²) in [6, 6.07) is 0.856. The molecule has 4 aliphatic rings. The molecule has 1 fully saturated rings. The summed E-state index contributed by atoms with van der Waals surface area (Å²) in [4.78, 5) is 43.0. The summed E-state index contributed by atoms with van der Waals surface area (Å²) in [5.41, 5.74) is 4.26. The molecule has 6 N–H and O–H groups in total. The smallest absolute Gasteiger partial charge is 0.255 e. The zero-order valence-corrected chi connectivity index (χ0v) is 22.4. The lowest BCUT2D eigenvalue weighted by Crippen LogP contribution is -2.65. The second-order valence-electron chi connectivity index (χ2n) is 11.2. The molecule has 10 nitrogen and oxygen atoms in total. The van der Waals surface area contributed by atoms with E-state index >= 15 is 0 Å². The minimum absolute atomic E-state index is 0.0809. The largest absolute Gasteiger partial charge is 0.508 e. The number of phenolic OH excluding ortho intramolecular Hbond substituents is 1. The third kappa shape index (κ3) is 3.92. The third-order valence-corrected chi connectivity index (χ3v) is 8.81. The molecule has 1 aromatic rings. The number of nitrogens with zero attached hydrogens (tertiary/aromatic N) is 2. The molecule has 1 amide bonds. The second-order valence-corrected chi connectivity index (χ2v) is 11.2. The first-order chi connectivity index (χ1) is 18.4. The third-order valence-electron chi connectivity index (χ3n) is 8.81. The van der Waals surface area contributed by atoms with Crippen LogP contribution in [-0.4, -0.2) is 86.5 Å². The van der Waals surface area contributed by atoms with Crippen LogP contribution in [0.3, 0.4) is 0 Å². The highest BCUT2D eigenvalue weighted by Gasteiger charge is 2.64. The predicted octanol–water partition coefficient (Wildman–Crippen LogP) is 1.29. The first kappa shape index (κ1) is 27.1. The minimum Gasteiger partial charge on any atom is -0.508 e. The van der Waals surface area contributed by atoms with E-state index in [4.69, 9.17) is 5.73 Å². The van der Waals surface area contributed by atoms with Gasteiger partial charge in [-0.15, -0.1) is 0 Å². The molecule has 39 heavy (non-hydrogen) atoms. The van der Waals surface area contributed by atoms with E-state index in [9.17, 15) is 34.8 Å². The fourth-order valence-corrected chi connectivity index (χ4v) is 6.96. The molecule has 0 saturated heterocycles. The number of aromatic hydroxyl groups is 1. The number of fused-ring (bicyclic) bond motifs is 3. The van der Waals surface area contributed by atoms with Gasteiger partial charge in [-0.05, 0) is 56.8 Å². The SMILES string of the molecule is CCc1cc(CN2CC=CCC2)c(O)c2c1C[C@H]1C[C@H]3[C@H](N(C)C)C(=O)C(C(N)=O)=C(O)[C@@]3(O)C(=O)C1=C2O. The van der Waals surface area contributed by atoms with Crippen LogP contribution < -0.4 is 5.73 Å². The maximum atomic E-state index is 14.0. The van der Waals surface area contributed by atoms with Crippen LogP contribution in [-0.2, 0) is 33.8 Å². The minimum atomic E-state index is -2.63. The number of likely N-dealkylation sites (N-methyl/N-ethyl adjacent to an activating group) is 1. The van der Waals surface area contributed by atoms with Crippen molar-refractivity contribution in [2.45, 2.75) is 50.8 Å². The van der Waals surface area contributed by atoms with Gasteiger partial charge in [0.15, 0.2) is 11.4 Å². The van der Waals surface area contributed by atoms with E-state index in [2.05, 4.69) is 17.1 Å². The van der Waals surface area contributed by atoms with Gasteiger partial charge < -0.3 is 26.2 Å². The van der Waals surface area contributed by atoms with E-state index in [0.717, 1.165) is 30.6 Å². The number of amides is 1. The zero-order valence-electron chi connectivity index (χ0n) is 22.4. The maximum absolute atomic E-state index is 14.0. The van der Waals surface area contributed by atoms with Gasteiger partial charge in [-0.1, -0.05) is 25.1 Å². The molecule has 0 aromatic heterocycles. The average Bonchev–Trinajstić information content (AvgIpc) is 2.88. The van der Waals surface area contributed by atoms with Crippen molar-refractivity contribution in [1.82, 2.24) is 9.80 Å². The number of aliphatic hydroxyl groups excluding tert-OH is 2. The Labute approximate surface area is 226 Å². The summed E-state index contributed by atoms with van der Waals surface area (Å²) in [5, 5.41) is 45.6. The summed E-state index contributed by atoms with van der Waals surface area (Å²) in [5.74, 6) is -6.30. The number of hydrogen-bond donors (Lipinski definition) is 5. The molecule has 208 valence electrons. The second kappa shape index (κ2) is 9.62. The summed E-state index contributed by atoms with van der Waals surface area (Å²) < 4.78 is 0. The summed E-state index contributed by atoms with van der Waals surface area (Å²) >= 11 is 0. The summed E-state index contributed by atoms with van der Waals surface area (Å²) in [6.45, 7) is 4.01. The van der Waals surface area contributed by atoms with Gasteiger partial charge >= 0.3 is 0 Å². The van der Waals surface area contributed by atoms with Crippen molar-refractivity contribution >= 4 is 23.2 Å². The Bertz CT molecular complexity index is 1380. The Kier molecular flexibility index (Phi) is 6.69. The summed E-state index contributed by atoms with van der Waals surface area (Å²) in [6.07, 6.45) is 6.10. The van der Waals surface area contributed by atoms with Gasteiger partial charge in [0.1, 0.15) is 22.8 Å². The van der Waals surface area contributed by atoms with Crippen molar-refractivity contribution in [3.8, 4) is 5.75 Å². The number of aryl methyl sites for hydroxylation is 1. The molecule has 1 saturated carbocycles. The van der Waals surface area contributed by atoms with Gasteiger partial charge in [0.25, 0.3) is 5.91 Å². The van der Waals surface area contributed by atoms with Crippen molar-refractivity contribution < 1.29 is 34.8 Å². The number of rotatable bonds is 5. The number of phenols is 1. The highest BCUT2D eigenvalue weighted by atomic mass is 16.3. The Morgan fingerprint density at radius 1 is 1.18 bits per heavy atom. The molecular formula is C29H35N3O7. The predicted molar refractivity (Wildman–Crippen MR) is 143 cm³/mol. The van der Waals surface area contributed by atoms with Gasteiger partial charge in [-0.3, -0.25) is 24.2 Å².